The quantitative estimate of drug-likeness (QED) is 0.471. The Balaban J connectivity index is 2.33. The summed E-state index contributed by atoms with van der Waals surface area (Å²) in [6.07, 6.45) is 1.24. The summed E-state index contributed by atoms with van der Waals surface area (Å²) >= 11 is 0. The Kier molecular flexibility index (Phi) is 5.43. The highest BCUT2D eigenvalue weighted by Gasteiger charge is 2.22. The van der Waals surface area contributed by atoms with Crippen molar-refractivity contribution in [1.29, 1.82) is 0 Å². The van der Waals surface area contributed by atoms with Gasteiger partial charge in [-0.15, -0.1) is 0 Å². The van der Waals surface area contributed by atoms with E-state index in [-0.39, 0.29) is 21.9 Å². The van der Waals surface area contributed by atoms with E-state index in [9.17, 15) is 23.6 Å². The van der Waals surface area contributed by atoms with E-state index >= 15 is 0 Å². The average Bonchev–Trinajstić information content (AvgIpc) is 2.52. The topological polar surface area (TPSA) is 122 Å². The van der Waals surface area contributed by atoms with Crippen LogP contribution in [0.1, 0.15) is 26.3 Å². The van der Waals surface area contributed by atoms with Gasteiger partial charge in [-0.3, -0.25) is 15.1 Å². The normalized spacial score (nSPS) is 12.4. The third kappa shape index (κ3) is 5.11. The van der Waals surface area contributed by atoms with Gasteiger partial charge in [0.2, 0.25) is 10.0 Å². The molecule has 0 spiro atoms. The van der Waals surface area contributed by atoms with Crippen molar-refractivity contribution in [1.82, 2.24) is 4.72 Å². The summed E-state index contributed by atoms with van der Waals surface area (Å²) in [7, 11) is -3.71. The van der Waals surface area contributed by atoms with Gasteiger partial charge in [0.1, 0.15) is 5.75 Å². The van der Waals surface area contributed by atoms with Gasteiger partial charge in [-0.05, 0) is 45.0 Å². The van der Waals surface area contributed by atoms with Gasteiger partial charge in [0.05, 0.1) is 15.5 Å². The predicted molar refractivity (Wildman–Crippen MR) is 98.5 cm³/mol. The minimum atomic E-state index is -3.71. The lowest BCUT2D eigenvalue weighted by molar-refractivity contribution is -0.384. The molecule has 26 heavy (non-hydrogen) atoms. The molecule has 0 atom stereocenters. The number of phenols is 1. The molecule has 9 heteroatoms. The predicted octanol–water partition coefficient (Wildman–Crippen LogP) is 3.13. The molecule has 138 valence electrons. The number of phenolic OH excluding ortho intramolecular Hbond substituents is 1. The monoisotopic (exact) mass is 377 g/mol. The van der Waals surface area contributed by atoms with Crippen molar-refractivity contribution in [2.24, 2.45) is 4.99 Å². The molecule has 0 aliphatic carbocycles. The van der Waals surface area contributed by atoms with Crippen molar-refractivity contribution >= 4 is 27.6 Å². The SMILES string of the molecule is CC(C)(C)NS(=O)(=O)c1cccc(N=Cc2cc([N+](=O)[O-])ccc2O)c1. The third-order valence-electron chi connectivity index (χ3n) is 3.14. The summed E-state index contributed by atoms with van der Waals surface area (Å²) in [4.78, 5) is 14.4. The average molecular weight is 377 g/mol. The van der Waals surface area contributed by atoms with E-state index in [1.165, 1.54) is 42.6 Å². The summed E-state index contributed by atoms with van der Waals surface area (Å²) in [5.41, 5.74) is -0.338. The fourth-order valence-electron chi connectivity index (χ4n) is 2.10. The lowest BCUT2D eigenvalue weighted by Crippen LogP contribution is -2.40. The van der Waals surface area contributed by atoms with E-state index in [1.54, 1.807) is 26.8 Å². The summed E-state index contributed by atoms with van der Waals surface area (Å²) in [6, 6.07) is 9.50. The Morgan fingerprint density at radius 3 is 2.50 bits per heavy atom. The van der Waals surface area contributed by atoms with Crippen LogP contribution < -0.4 is 4.72 Å². The second-order valence-corrected chi connectivity index (χ2v) is 8.29. The van der Waals surface area contributed by atoms with E-state index in [0.717, 1.165) is 0 Å². The molecule has 0 heterocycles. The van der Waals surface area contributed by atoms with Gasteiger partial charge in [0.15, 0.2) is 0 Å². The summed E-state index contributed by atoms with van der Waals surface area (Å²) in [5.74, 6) is -0.169. The number of sulfonamides is 1. The van der Waals surface area contributed by atoms with Crippen LogP contribution in [0.5, 0.6) is 5.75 Å². The molecule has 2 aromatic rings. The zero-order chi connectivity index (χ0) is 19.5. The van der Waals surface area contributed by atoms with E-state index in [2.05, 4.69) is 9.71 Å². The first kappa shape index (κ1) is 19.5. The van der Waals surface area contributed by atoms with Gasteiger partial charge in [0.25, 0.3) is 5.69 Å². The number of hydrogen-bond donors (Lipinski definition) is 2. The largest absolute Gasteiger partial charge is 0.507 e. The zero-order valence-electron chi connectivity index (χ0n) is 14.5. The number of benzene rings is 2. The first-order valence-electron chi connectivity index (χ1n) is 7.63. The molecule has 0 fully saturated rings. The molecular weight excluding hydrogens is 358 g/mol. The number of nitrogens with zero attached hydrogens (tertiary/aromatic N) is 2. The summed E-state index contributed by atoms with van der Waals surface area (Å²) in [6.45, 7) is 5.20. The standard InChI is InChI=1S/C17H19N3O5S/c1-17(2,3)19-26(24,25)15-6-4-5-13(10-15)18-11-12-9-14(20(22)23)7-8-16(12)21/h4-11,19,21H,1-3H3. The molecule has 0 amide bonds. The number of aromatic hydroxyl groups is 1. The number of hydrogen-bond acceptors (Lipinski definition) is 6. The molecule has 0 aliphatic heterocycles. The van der Waals surface area contributed by atoms with Gasteiger partial charge in [-0.25, -0.2) is 13.1 Å². The molecule has 8 nitrogen and oxygen atoms in total. The smallest absolute Gasteiger partial charge is 0.270 e. The minimum Gasteiger partial charge on any atom is -0.507 e. The Morgan fingerprint density at radius 1 is 1.19 bits per heavy atom. The van der Waals surface area contributed by atoms with Crippen LogP contribution in [0.3, 0.4) is 0 Å². The molecule has 2 N–H and O–H groups in total. The molecule has 0 bridgehead atoms. The van der Waals surface area contributed by atoms with E-state index in [0.29, 0.717) is 5.69 Å². The van der Waals surface area contributed by atoms with Gasteiger partial charge in [-0.1, -0.05) is 6.07 Å². The van der Waals surface area contributed by atoms with Crippen LogP contribution in [-0.4, -0.2) is 30.2 Å². The molecule has 2 aromatic carbocycles. The Morgan fingerprint density at radius 2 is 1.88 bits per heavy atom. The van der Waals surface area contributed by atoms with Crippen LogP contribution in [0.25, 0.3) is 0 Å². The molecule has 0 aromatic heterocycles. The minimum absolute atomic E-state index is 0.0466. The second-order valence-electron chi connectivity index (χ2n) is 6.61. The van der Waals surface area contributed by atoms with Crippen LogP contribution in [0.4, 0.5) is 11.4 Å². The van der Waals surface area contributed by atoms with Crippen LogP contribution in [0, 0.1) is 10.1 Å². The number of rotatable bonds is 5. The highest BCUT2D eigenvalue weighted by molar-refractivity contribution is 7.89. The fraction of sp³-hybridized carbons (Fsp3) is 0.235. The van der Waals surface area contributed by atoms with Crippen molar-refractivity contribution in [2.75, 3.05) is 0 Å². The third-order valence-corrected chi connectivity index (χ3v) is 4.90. The highest BCUT2D eigenvalue weighted by atomic mass is 32.2. The van der Waals surface area contributed by atoms with Crippen LogP contribution in [0.15, 0.2) is 52.4 Å². The number of non-ortho nitro benzene ring substituents is 1. The lowest BCUT2D eigenvalue weighted by Gasteiger charge is -2.20. The molecule has 0 unspecified atom stereocenters. The fourth-order valence-corrected chi connectivity index (χ4v) is 3.55. The van der Waals surface area contributed by atoms with Crippen LogP contribution in [-0.2, 0) is 10.0 Å². The Bertz CT molecular complexity index is 963. The number of nitrogens with one attached hydrogen (secondary N) is 1. The van der Waals surface area contributed by atoms with Gasteiger partial charge in [0, 0.05) is 29.4 Å². The maximum atomic E-state index is 12.4. The van der Waals surface area contributed by atoms with Crippen molar-refractivity contribution in [3.63, 3.8) is 0 Å². The van der Waals surface area contributed by atoms with Gasteiger partial charge < -0.3 is 5.11 Å². The van der Waals surface area contributed by atoms with E-state index in [4.69, 9.17) is 0 Å². The molecule has 0 saturated carbocycles. The van der Waals surface area contributed by atoms with E-state index in [1.807, 2.05) is 0 Å². The second kappa shape index (κ2) is 7.22. The molecule has 2 rings (SSSR count). The number of nitro benzene ring substituents is 1. The summed E-state index contributed by atoms with van der Waals surface area (Å²) in [5, 5.41) is 20.6. The Labute approximate surface area is 151 Å². The van der Waals surface area contributed by atoms with Crippen LogP contribution >= 0.6 is 0 Å². The highest BCUT2D eigenvalue weighted by Crippen LogP contribution is 2.23. The molecule has 0 radical (unpaired) electrons. The van der Waals surface area contributed by atoms with Crippen molar-refractivity contribution in [3.05, 3.63) is 58.1 Å². The Hall–Kier alpha value is -2.78. The molecular formula is C17H19N3O5S. The molecule has 0 saturated heterocycles. The van der Waals surface area contributed by atoms with E-state index < -0.39 is 20.5 Å². The maximum Gasteiger partial charge on any atom is 0.270 e. The number of nitro groups is 1. The van der Waals surface area contributed by atoms with Gasteiger partial charge in [-0.2, -0.15) is 0 Å². The number of aliphatic imine (C=N–C) groups is 1. The van der Waals surface area contributed by atoms with Crippen molar-refractivity contribution in [2.45, 2.75) is 31.2 Å². The maximum absolute atomic E-state index is 12.4. The first-order chi connectivity index (χ1) is 12.0. The van der Waals surface area contributed by atoms with Crippen molar-refractivity contribution < 1.29 is 18.4 Å². The lowest BCUT2D eigenvalue weighted by atomic mass is 10.1. The van der Waals surface area contributed by atoms with Crippen LogP contribution in [0.2, 0.25) is 0 Å². The molecule has 0 aliphatic rings. The van der Waals surface area contributed by atoms with Gasteiger partial charge >= 0.3 is 0 Å². The summed E-state index contributed by atoms with van der Waals surface area (Å²) < 4.78 is 27.3. The first-order valence-corrected chi connectivity index (χ1v) is 9.12. The van der Waals surface area contributed by atoms with Crippen molar-refractivity contribution in [3.8, 4) is 5.75 Å². The zero-order valence-corrected chi connectivity index (χ0v) is 15.3.